The van der Waals surface area contributed by atoms with E-state index in [2.05, 4.69) is 15.1 Å². The summed E-state index contributed by atoms with van der Waals surface area (Å²) < 4.78 is 10.8. The minimum absolute atomic E-state index is 0.108. The topological polar surface area (TPSA) is 97.1 Å². The Hall–Kier alpha value is -2.62. The summed E-state index contributed by atoms with van der Waals surface area (Å²) >= 11 is 1.30. The highest BCUT2D eigenvalue weighted by atomic mass is 32.1. The number of piperazine rings is 1. The van der Waals surface area contributed by atoms with Crippen LogP contribution in [0.4, 0.5) is 5.00 Å². The third-order valence-electron chi connectivity index (χ3n) is 5.19. The van der Waals surface area contributed by atoms with Crippen molar-refractivity contribution < 1.29 is 19.1 Å². The van der Waals surface area contributed by atoms with E-state index in [1.807, 2.05) is 18.2 Å². The number of amides is 2. The first-order chi connectivity index (χ1) is 14.5. The van der Waals surface area contributed by atoms with Crippen molar-refractivity contribution >= 4 is 28.2 Å². The lowest BCUT2D eigenvalue weighted by molar-refractivity contribution is -0.116. The Morgan fingerprint density at radius 1 is 1.10 bits per heavy atom. The second-order valence-electron chi connectivity index (χ2n) is 7.12. The van der Waals surface area contributed by atoms with E-state index in [0.29, 0.717) is 23.5 Å². The predicted molar refractivity (Wildman–Crippen MR) is 117 cm³/mol. The van der Waals surface area contributed by atoms with Crippen molar-refractivity contribution in [1.82, 2.24) is 9.80 Å². The molecule has 9 heteroatoms. The number of ether oxygens (including phenoxy) is 2. The van der Waals surface area contributed by atoms with Gasteiger partial charge in [-0.15, -0.1) is 11.3 Å². The lowest BCUT2D eigenvalue weighted by Crippen LogP contribution is -2.46. The molecule has 3 N–H and O–H groups in total. The summed E-state index contributed by atoms with van der Waals surface area (Å²) in [5, 5.41) is 5.05. The SMILES string of the molecule is COc1ccc(OC)c(CN2CCN(CCC(=O)Nc3sccc3C(N)=O)CC2)c1. The Balaban J connectivity index is 1.44. The van der Waals surface area contributed by atoms with Gasteiger partial charge in [-0.2, -0.15) is 0 Å². The summed E-state index contributed by atoms with van der Waals surface area (Å²) in [7, 11) is 3.34. The molecule has 1 aliphatic rings. The Kier molecular flexibility index (Phi) is 7.67. The molecule has 162 valence electrons. The van der Waals surface area contributed by atoms with Crippen LogP contribution in [0.3, 0.4) is 0 Å². The molecule has 1 saturated heterocycles. The predicted octanol–water partition coefficient (Wildman–Crippen LogP) is 2.01. The van der Waals surface area contributed by atoms with Crippen LogP contribution in [0.5, 0.6) is 11.5 Å². The molecule has 0 atom stereocenters. The Bertz CT molecular complexity index is 878. The van der Waals surface area contributed by atoms with Crippen molar-refractivity contribution in [3.8, 4) is 11.5 Å². The van der Waals surface area contributed by atoms with Crippen LogP contribution in [0.1, 0.15) is 22.3 Å². The number of nitrogens with one attached hydrogen (secondary N) is 1. The van der Waals surface area contributed by atoms with Gasteiger partial charge in [0, 0.05) is 51.3 Å². The second kappa shape index (κ2) is 10.4. The number of thiophene rings is 1. The lowest BCUT2D eigenvalue weighted by atomic mass is 10.1. The fourth-order valence-corrected chi connectivity index (χ4v) is 4.27. The van der Waals surface area contributed by atoms with Gasteiger partial charge in [0.25, 0.3) is 5.91 Å². The summed E-state index contributed by atoms with van der Waals surface area (Å²) in [5.41, 5.74) is 6.78. The zero-order valence-electron chi connectivity index (χ0n) is 17.3. The van der Waals surface area contributed by atoms with E-state index in [1.165, 1.54) is 11.3 Å². The molecule has 0 spiro atoms. The zero-order valence-corrected chi connectivity index (χ0v) is 18.2. The van der Waals surface area contributed by atoms with Gasteiger partial charge >= 0.3 is 0 Å². The number of methoxy groups -OCH3 is 2. The van der Waals surface area contributed by atoms with Gasteiger partial charge in [-0.05, 0) is 29.6 Å². The van der Waals surface area contributed by atoms with Crippen LogP contribution in [0.15, 0.2) is 29.6 Å². The highest BCUT2D eigenvalue weighted by molar-refractivity contribution is 7.14. The largest absolute Gasteiger partial charge is 0.497 e. The Morgan fingerprint density at radius 2 is 1.83 bits per heavy atom. The van der Waals surface area contributed by atoms with Gasteiger partial charge in [-0.3, -0.25) is 14.5 Å². The van der Waals surface area contributed by atoms with Crippen LogP contribution in [0.25, 0.3) is 0 Å². The quantitative estimate of drug-likeness (QED) is 0.629. The van der Waals surface area contributed by atoms with Crippen molar-refractivity contribution in [2.75, 3.05) is 52.3 Å². The number of benzene rings is 1. The van der Waals surface area contributed by atoms with Crippen LogP contribution in [0.2, 0.25) is 0 Å². The average Bonchev–Trinajstić information content (AvgIpc) is 3.21. The number of anilines is 1. The maximum absolute atomic E-state index is 12.2. The molecule has 2 amide bonds. The first-order valence-electron chi connectivity index (χ1n) is 9.83. The zero-order chi connectivity index (χ0) is 21.5. The second-order valence-corrected chi connectivity index (χ2v) is 8.04. The number of nitrogens with zero attached hydrogens (tertiary/aromatic N) is 2. The normalized spacial score (nSPS) is 15.0. The molecule has 1 aliphatic heterocycles. The van der Waals surface area contributed by atoms with Crippen molar-refractivity contribution in [3.63, 3.8) is 0 Å². The molecule has 0 unspecified atom stereocenters. The van der Waals surface area contributed by atoms with E-state index in [0.717, 1.165) is 49.8 Å². The van der Waals surface area contributed by atoms with Crippen LogP contribution < -0.4 is 20.5 Å². The summed E-state index contributed by atoms with van der Waals surface area (Å²) in [4.78, 5) is 28.3. The molecule has 2 heterocycles. The molecular weight excluding hydrogens is 404 g/mol. The van der Waals surface area contributed by atoms with Crippen molar-refractivity contribution in [1.29, 1.82) is 0 Å². The molecule has 8 nitrogen and oxygen atoms in total. The highest BCUT2D eigenvalue weighted by Crippen LogP contribution is 2.26. The van der Waals surface area contributed by atoms with E-state index in [9.17, 15) is 9.59 Å². The van der Waals surface area contributed by atoms with Crippen molar-refractivity contribution in [2.24, 2.45) is 5.73 Å². The summed E-state index contributed by atoms with van der Waals surface area (Å²) in [6, 6.07) is 7.47. The third kappa shape index (κ3) is 5.71. The molecule has 0 radical (unpaired) electrons. The molecule has 0 aliphatic carbocycles. The van der Waals surface area contributed by atoms with Gasteiger partial charge in [0.15, 0.2) is 0 Å². The van der Waals surface area contributed by atoms with Crippen molar-refractivity contribution in [3.05, 3.63) is 40.8 Å². The van der Waals surface area contributed by atoms with Crippen LogP contribution in [0, 0.1) is 0 Å². The minimum Gasteiger partial charge on any atom is -0.497 e. The fourth-order valence-electron chi connectivity index (χ4n) is 3.47. The average molecular weight is 433 g/mol. The van der Waals surface area contributed by atoms with Gasteiger partial charge in [0.1, 0.15) is 16.5 Å². The standard InChI is InChI=1S/C21H28N4O4S/c1-28-16-3-4-18(29-2)15(13-16)14-25-10-8-24(9-11-25)7-5-19(26)23-21-17(20(22)27)6-12-30-21/h3-4,6,12-13H,5,7-11,14H2,1-2H3,(H2,22,27)(H,23,26). The van der Waals surface area contributed by atoms with Crippen LogP contribution in [-0.4, -0.2) is 68.6 Å². The van der Waals surface area contributed by atoms with Gasteiger partial charge in [-0.25, -0.2) is 0 Å². The smallest absolute Gasteiger partial charge is 0.251 e. The maximum atomic E-state index is 12.2. The number of nitrogens with two attached hydrogens (primary N) is 1. The molecule has 1 fully saturated rings. The molecular formula is C21H28N4O4S. The summed E-state index contributed by atoms with van der Waals surface area (Å²) in [6.07, 6.45) is 0.375. The molecule has 0 bridgehead atoms. The molecule has 1 aromatic carbocycles. The van der Waals surface area contributed by atoms with Crippen molar-refractivity contribution in [2.45, 2.75) is 13.0 Å². The van der Waals surface area contributed by atoms with E-state index in [1.54, 1.807) is 25.7 Å². The summed E-state index contributed by atoms with van der Waals surface area (Å²) in [6.45, 7) is 5.09. The molecule has 0 saturated carbocycles. The van der Waals surface area contributed by atoms with Crippen LogP contribution >= 0.6 is 11.3 Å². The first kappa shape index (κ1) is 22.1. The number of rotatable bonds is 9. The molecule has 1 aromatic heterocycles. The van der Waals surface area contributed by atoms with E-state index < -0.39 is 5.91 Å². The number of primary amides is 1. The van der Waals surface area contributed by atoms with Gasteiger partial charge in [0.05, 0.1) is 19.8 Å². The Labute approximate surface area is 180 Å². The minimum atomic E-state index is -0.532. The molecule has 2 aromatic rings. The summed E-state index contributed by atoms with van der Waals surface area (Å²) in [5.74, 6) is 1.04. The van der Waals surface area contributed by atoms with Gasteiger partial charge in [0.2, 0.25) is 5.91 Å². The molecule has 3 rings (SSSR count). The number of carbonyl (C=O) groups excluding carboxylic acids is 2. The lowest BCUT2D eigenvalue weighted by Gasteiger charge is -2.34. The van der Waals surface area contributed by atoms with E-state index in [-0.39, 0.29) is 5.91 Å². The molecule has 30 heavy (non-hydrogen) atoms. The highest BCUT2D eigenvalue weighted by Gasteiger charge is 2.20. The monoisotopic (exact) mass is 432 g/mol. The number of hydrogen-bond acceptors (Lipinski definition) is 7. The van der Waals surface area contributed by atoms with E-state index in [4.69, 9.17) is 15.2 Å². The first-order valence-corrected chi connectivity index (χ1v) is 10.7. The van der Waals surface area contributed by atoms with Gasteiger partial charge in [-0.1, -0.05) is 0 Å². The fraction of sp³-hybridized carbons (Fsp3) is 0.429. The third-order valence-corrected chi connectivity index (χ3v) is 6.02. The Morgan fingerprint density at radius 3 is 2.50 bits per heavy atom. The van der Waals surface area contributed by atoms with Crippen LogP contribution in [-0.2, 0) is 11.3 Å². The van der Waals surface area contributed by atoms with E-state index >= 15 is 0 Å². The van der Waals surface area contributed by atoms with Gasteiger partial charge < -0.3 is 25.4 Å². The number of carbonyl (C=O) groups is 2. The maximum Gasteiger partial charge on any atom is 0.251 e. The number of hydrogen-bond donors (Lipinski definition) is 2.